The fourth-order valence-electron chi connectivity index (χ4n) is 2.50. The second kappa shape index (κ2) is 4.86. The maximum Gasteiger partial charge on any atom is 0.355 e. The molecule has 2 aliphatic rings. The summed E-state index contributed by atoms with van der Waals surface area (Å²) in [4.78, 5) is 28.6. The van der Waals surface area contributed by atoms with Gasteiger partial charge in [-0.25, -0.2) is 9.78 Å². The molecule has 2 aliphatic heterocycles. The van der Waals surface area contributed by atoms with E-state index in [1.54, 1.807) is 0 Å². The van der Waals surface area contributed by atoms with Crippen LogP contribution in [0.1, 0.15) is 12.6 Å². The number of aliphatic hydroxyl groups excluding tert-OH is 2. The van der Waals surface area contributed by atoms with Gasteiger partial charge in [0.2, 0.25) is 5.91 Å². The van der Waals surface area contributed by atoms with Gasteiger partial charge in [0.1, 0.15) is 16.7 Å². The molecule has 0 radical (unpaired) electrons. The summed E-state index contributed by atoms with van der Waals surface area (Å²) < 4.78 is 1.48. The molecular weight excluding hydrogens is 298 g/mol. The number of hydrogen-bond donors (Lipinski definition) is 3. The van der Waals surface area contributed by atoms with Gasteiger partial charge < -0.3 is 15.3 Å². The van der Waals surface area contributed by atoms with E-state index in [1.807, 2.05) is 0 Å². The maximum absolute atomic E-state index is 12.0. The summed E-state index contributed by atoms with van der Waals surface area (Å²) in [7, 11) is 0. The van der Waals surface area contributed by atoms with E-state index in [9.17, 15) is 19.8 Å². The number of aliphatic hydroxyl groups is 2. The highest BCUT2D eigenvalue weighted by atomic mass is 32.2. The SMILES string of the molecule is C[C@@H](O)[C@H]1C(=O)N2C(C(=O)O)=C(n3cnc(CO)c3)S[C@H]12. The normalized spacial score (nSPS) is 25.9. The van der Waals surface area contributed by atoms with Gasteiger partial charge in [-0.3, -0.25) is 14.3 Å². The van der Waals surface area contributed by atoms with Crippen LogP contribution in [0.4, 0.5) is 0 Å². The van der Waals surface area contributed by atoms with Crippen LogP contribution in [0.15, 0.2) is 18.2 Å². The Morgan fingerprint density at radius 2 is 2.29 bits per heavy atom. The highest BCUT2D eigenvalue weighted by Gasteiger charge is 2.58. The van der Waals surface area contributed by atoms with E-state index in [0.717, 1.165) is 0 Å². The van der Waals surface area contributed by atoms with Crippen LogP contribution in [0.2, 0.25) is 0 Å². The number of rotatable bonds is 4. The van der Waals surface area contributed by atoms with Crippen molar-refractivity contribution in [1.29, 1.82) is 0 Å². The molecule has 3 atom stereocenters. The predicted molar refractivity (Wildman–Crippen MR) is 72.4 cm³/mol. The lowest BCUT2D eigenvalue weighted by atomic mass is 9.92. The second-order valence-corrected chi connectivity index (χ2v) is 5.98. The molecule has 8 nitrogen and oxygen atoms in total. The van der Waals surface area contributed by atoms with E-state index in [2.05, 4.69) is 4.98 Å². The monoisotopic (exact) mass is 311 g/mol. The summed E-state index contributed by atoms with van der Waals surface area (Å²) >= 11 is 1.20. The first kappa shape index (κ1) is 14.1. The highest BCUT2D eigenvalue weighted by molar-refractivity contribution is 8.08. The van der Waals surface area contributed by atoms with Gasteiger partial charge in [0.25, 0.3) is 0 Å². The molecule has 1 aromatic rings. The number of β-lactam (4-membered cyclic amide) rings is 1. The topological polar surface area (TPSA) is 116 Å². The molecule has 1 amide bonds. The molecular formula is C12H13N3O5S. The number of carboxylic acids is 1. The van der Waals surface area contributed by atoms with Crippen molar-refractivity contribution in [1.82, 2.24) is 14.5 Å². The van der Waals surface area contributed by atoms with Gasteiger partial charge in [-0.05, 0) is 6.92 Å². The third kappa shape index (κ3) is 1.96. The van der Waals surface area contributed by atoms with Crippen LogP contribution in [0, 0.1) is 5.92 Å². The summed E-state index contributed by atoms with van der Waals surface area (Å²) in [6, 6.07) is 0. The van der Waals surface area contributed by atoms with Gasteiger partial charge in [0, 0.05) is 6.20 Å². The number of carboxylic acid groups (broad SMARTS) is 1. The van der Waals surface area contributed by atoms with E-state index >= 15 is 0 Å². The van der Waals surface area contributed by atoms with Gasteiger partial charge in [0.05, 0.1) is 24.3 Å². The van der Waals surface area contributed by atoms with Crippen molar-refractivity contribution >= 4 is 28.7 Å². The third-order valence-electron chi connectivity index (χ3n) is 3.52. The number of carbonyl (C=O) groups excluding carboxylic acids is 1. The Morgan fingerprint density at radius 3 is 2.81 bits per heavy atom. The van der Waals surface area contributed by atoms with Crippen LogP contribution in [0.5, 0.6) is 0 Å². The number of carbonyl (C=O) groups is 2. The lowest BCUT2D eigenvalue weighted by Crippen LogP contribution is -2.60. The second-order valence-electron chi connectivity index (χ2n) is 4.87. The lowest BCUT2D eigenvalue weighted by molar-refractivity contribution is -0.156. The van der Waals surface area contributed by atoms with Crippen molar-refractivity contribution in [3.63, 3.8) is 0 Å². The van der Waals surface area contributed by atoms with E-state index in [0.29, 0.717) is 10.7 Å². The van der Waals surface area contributed by atoms with Crippen molar-refractivity contribution in [3.05, 3.63) is 23.9 Å². The Balaban J connectivity index is 2.00. The number of thioether (sulfide) groups is 1. The molecule has 0 aliphatic carbocycles. The number of fused-ring (bicyclic) bond motifs is 1. The van der Waals surface area contributed by atoms with Gasteiger partial charge in [-0.15, -0.1) is 0 Å². The smallest absolute Gasteiger partial charge is 0.355 e. The molecule has 0 spiro atoms. The molecule has 3 rings (SSSR count). The van der Waals surface area contributed by atoms with Crippen molar-refractivity contribution in [2.24, 2.45) is 5.92 Å². The van der Waals surface area contributed by atoms with Gasteiger partial charge in [-0.2, -0.15) is 0 Å². The molecule has 0 saturated carbocycles. The highest BCUT2D eigenvalue weighted by Crippen LogP contribution is 2.51. The van der Waals surface area contributed by atoms with E-state index in [1.165, 1.54) is 40.7 Å². The molecule has 0 aromatic carbocycles. The minimum atomic E-state index is -1.21. The van der Waals surface area contributed by atoms with E-state index in [-0.39, 0.29) is 12.3 Å². The lowest BCUT2D eigenvalue weighted by Gasteiger charge is -2.43. The van der Waals surface area contributed by atoms with Crippen LogP contribution >= 0.6 is 11.8 Å². The molecule has 0 bridgehead atoms. The van der Waals surface area contributed by atoms with Crippen molar-refractivity contribution in [3.8, 4) is 0 Å². The molecule has 21 heavy (non-hydrogen) atoms. The quantitative estimate of drug-likeness (QED) is 0.642. The number of aliphatic carboxylic acids is 1. The van der Waals surface area contributed by atoms with E-state index < -0.39 is 29.3 Å². The third-order valence-corrected chi connectivity index (χ3v) is 4.89. The molecule has 0 unspecified atom stereocenters. The van der Waals surface area contributed by atoms with Crippen LogP contribution in [-0.2, 0) is 16.2 Å². The zero-order valence-corrected chi connectivity index (χ0v) is 11.8. The first-order valence-corrected chi connectivity index (χ1v) is 7.13. The van der Waals surface area contributed by atoms with E-state index in [4.69, 9.17) is 5.11 Å². The van der Waals surface area contributed by atoms with Crippen LogP contribution in [0.3, 0.4) is 0 Å². The minimum Gasteiger partial charge on any atom is -0.476 e. The van der Waals surface area contributed by atoms with Gasteiger partial charge >= 0.3 is 5.97 Å². The molecule has 112 valence electrons. The average Bonchev–Trinajstić information content (AvgIpc) is 2.99. The summed E-state index contributed by atoms with van der Waals surface area (Å²) in [5.41, 5.74) is 0.286. The predicted octanol–water partition coefficient (Wildman–Crippen LogP) is -0.502. The number of aromatic nitrogens is 2. The first-order chi connectivity index (χ1) is 9.95. The largest absolute Gasteiger partial charge is 0.476 e. The molecule has 1 fully saturated rings. The summed E-state index contributed by atoms with van der Waals surface area (Å²) in [6.45, 7) is 1.26. The summed E-state index contributed by atoms with van der Waals surface area (Å²) in [5, 5.41) is 28.0. The van der Waals surface area contributed by atoms with Gasteiger partial charge in [-0.1, -0.05) is 11.8 Å². The van der Waals surface area contributed by atoms with Crippen molar-refractivity contribution < 1.29 is 24.9 Å². The molecule has 1 aromatic heterocycles. The number of amides is 1. The first-order valence-electron chi connectivity index (χ1n) is 6.25. The van der Waals surface area contributed by atoms with Crippen LogP contribution in [-0.4, -0.2) is 53.1 Å². The Hall–Kier alpha value is -1.84. The molecule has 9 heteroatoms. The fourth-order valence-corrected chi connectivity index (χ4v) is 4.05. The maximum atomic E-state index is 12.0. The molecule has 1 saturated heterocycles. The Labute approximate surface area is 123 Å². The minimum absolute atomic E-state index is 0.117. The summed E-state index contributed by atoms with van der Waals surface area (Å²) in [5.74, 6) is -2.21. The Bertz CT molecular complexity index is 653. The van der Waals surface area contributed by atoms with Crippen molar-refractivity contribution in [2.45, 2.75) is 25.0 Å². The van der Waals surface area contributed by atoms with Crippen molar-refractivity contribution in [2.75, 3.05) is 0 Å². The summed E-state index contributed by atoms with van der Waals surface area (Å²) in [6.07, 6.45) is 2.07. The molecule has 3 heterocycles. The van der Waals surface area contributed by atoms with Crippen LogP contribution < -0.4 is 0 Å². The number of nitrogens with zero attached hydrogens (tertiary/aromatic N) is 3. The molecule has 3 N–H and O–H groups in total. The Morgan fingerprint density at radius 1 is 1.57 bits per heavy atom. The zero-order chi connectivity index (χ0) is 15.3. The average molecular weight is 311 g/mol. The Kier molecular flexibility index (Phi) is 3.27. The van der Waals surface area contributed by atoms with Gasteiger partial charge in [0.15, 0.2) is 5.70 Å². The zero-order valence-electron chi connectivity index (χ0n) is 11.0. The standard InChI is InChI=1S/C12H13N3O5S/c1-5(17)7-9(18)15-8(12(19)20)11(21-10(7)15)14-2-6(3-16)13-4-14/h2,4-5,7,10,16-17H,3H2,1H3,(H,19,20)/t5-,7+,10-/m1/s1. The fraction of sp³-hybridized carbons (Fsp3) is 0.417. The van der Waals surface area contributed by atoms with Crippen LogP contribution in [0.25, 0.3) is 5.03 Å². The number of imidazole rings is 1. The number of hydrogen-bond acceptors (Lipinski definition) is 6.